The molecule has 1 unspecified atom stereocenters. The van der Waals surface area contributed by atoms with E-state index in [4.69, 9.17) is 4.74 Å². The molecule has 1 fully saturated rings. The molecule has 1 aliphatic heterocycles. The summed E-state index contributed by atoms with van der Waals surface area (Å²) in [4.78, 5) is 19.9. The van der Waals surface area contributed by atoms with Gasteiger partial charge in [0.2, 0.25) is 5.91 Å². The second kappa shape index (κ2) is 8.73. The standard InChI is InChI=1S/C17H29N5O2/c1-20(2)16(23)12-19-17(18-11-15-8-6-10-24-15)22(4)13-14-7-5-9-21(14)3/h5,7,9,15H,6,8,10-13H2,1-4H3,(H,18,19). The minimum absolute atomic E-state index is 0.0151. The van der Waals surface area contributed by atoms with Crippen LogP contribution < -0.4 is 5.32 Å². The molecule has 7 heteroatoms. The predicted molar refractivity (Wildman–Crippen MR) is 94.9 cm³/mol. The van der Waals surface area contributed by atoms with Crippen molar-refractivity contribution >= 4 is 11.9 Å². The first kappa shape index (κ1) is 18.3. The fourth-order valence-electron chi connectivity index (χ4n) is 2.58. The molecule has 1 aromatic rings. The van der Waals surface area contributed by atoms with Gasteiger partial charge in [-0.05, 0) is 25.0 Å². The number of carbonyl (C=O) groups is 1. The third kappa shape index (κ3) is 5.26. The van der Waals surface area contributed by atoms with E-state index in [1.807, 2.05) is 31.3 Å². The maximum absolute atomic E-state index is 11.8. The molecule has 0 radical (unpaired) electrons. The zero-order valence-corrected chi connectivity index (χ0v) is 15.2. The summed E-state index contributed by atoms with van der Waals surface area (Å²) in [6.45, 7) is 2.40. The number of amides is 1. The second-order valence-corrected chi connectivity index (χ2v) is 6.41. The molecule has 1 aliphatic rings. The Morgan fingerprint density at radius 2 is 2.25 bits per heavy atom. The number of hydrogen-bond acceptors (Lipinski definition) is 3. The highest BCUT2D eigenvalue weighted by molar-refractivity contribution is 5.84. The van der Waals surface area contributed by atoms with Gasteiger partial charge in [0.05, 0.1) is 12.6 Å². The van der Waals surface area contributed by atoms with Crippen LogP contribution >= 0.6 is 0 Å². The summed E-state index contributed by atoms with van der Waals surface area (Å²) in [6, 6.07) is 4.11. The van der Waals surface area contributed by atoms with E-state index in [2.05, 4.69) is 20.9 Å². The molecule has 0 aromatic carbocycles. The lowest BCUT2D eigenvalue weighted by Crippen LogP contribution is -2.42. The lowest BCUT2D eigenvalue weighted by atomic mass is 10.2. The Morgan fingerprint density at radius 3 is 2.83 bits per heavy atom. The van der Waals surface area contributed by atoms with Crippen molar-refractivity contribution in [2.75, 3.05) is 40.8 Å². The van der Waals surface area contributed by atoms with Crippen LogP contribution in [0.4, 0.5) is 0 Å². The van der Waals surface area contributed by atoms with Crippen LogP contribution in [0.5, 0.6) is 0 Å². The topological polar surface area (TPSA) is 62.1 Å². The first-order valence-corrected chi connectivity index (χ1v) is 8.38. The number of ether oxygens (including phenoxy) is 1. The number of guanidine groups is 1. The van der Waals surface area contributed by atoms with Gasteiger partial charge in [0.15, 0.2) is 5.96 Å². The highest BCUT2D eigenvalue weighted by atomic mass is 16.5. The lowest BCUT2D eigenvalue weighted by Gasteiger charge is -2.24. The molecule has 1 saturated heterocycles. The summed E-state index contributed by atoms with van der Waals surface area (Å²) in [5.41, 5.74) is 1.18. The van der Waals surface area contributed by atoms with Gasteiger partial charge < -0.3 is 24.4 Å². The highest BCUT2D eigenvalue weighted by Gasteiger charge is 2.17. The molecule has 2 rings (SSSR count). The van der Waals surface area contributed by atoms with Crippen molar-refractivity contribution < 1.29 is 9.53 Å². The average molecular weight is 335 g/mol. The van der Waals surface area contributed by atoms with Gasteiger partial charge >= 0.3 is 0 Å². The van der Waals surface area contributed by atoms with Crippen LogP contribution in [0.15, 0.2) is 23.3 Å². The molecule has 1 N–H and O–H groups in total. The largest absolute Gasteiger partial charge is 0.376 e. The minimum atomic E-state index is -0.0151. The Morgan fingerprint density at radius 1 is 1.46 bits per heavy atom. The molecule has 0 spiro atoms. The van der Waals surface area contributed by atoms with Crippen LogP contribution in [0.1, 0.15) is 18.5 Å². The number of rotatable bonds is 6. The zero-order chi connectivity index (χ0) is 17.5. The third-order valence-corrected chi connectivity index (χ3v) is 4.19. The summed E-state index contributed by atoms with van der Waals surface area (Å²) < 4.78 is 7.74. The van der Waals surface area contributed by atoms with Crippen molar-refractivity contribution in [1.82, 2.24) is 19.7 Å². The van der Waals surface area contributed by atoms with Crippen molar-refractivity contribution in [3.8, 4) is 0 Å². The minimum Gasteiger partial charge on any atom is -0.376 e. The van der Waals surface area contributed by atoms with Crippen molar-refractivity contribution in [3.63, 3.8) is 0 Å². The summed E-state index contributed by atoms with van der Waals surface area (Å²) in [5.74, 6) is 0.709. The molecule has 134 valence electrons. The number of nitrogens with one attached hydrogen (secondary N) is 1. The number of hydrogen-bond donors (Lipinski definition) is 1. The van der Waals surface area contributed by atoms with Crippen molar-refractivity contribution in [1.29, 1.82) is 0 Å². The Labute approximate surface area is 144 Å². The van der Waals surface area contributed by atoms with E-state index in [1.165, 1.54) is 5.69 Å². The van der Waals surface area contributed by atoms with Crippen LogP contribution in [0.2, 0.25) is 0 Å². The van der Waals surface area contributed by atoms with Gasteiger partial charge in [-0.25, -0.2) is 4.99 Å². The zero-order valence-electron chi connectivity index (χ0n) is 15.2. The maximum atomic E-state index is 11.8. The molecular formula is C17H29N5O2. The molecule has 1 aromatic heterocycles. The normalized spacial score (nSPS) is 17.8. The first-order chi connectivity index (χ1) is 11.5. The molecule has 7 nitrogen and oxygen atoms in total. The van der Waals surface area contributed by atoms with Crippen LogP contribution in [0, 0.1) is 0 Å². The van der Waals surface area contributed by atoms with Crippen LogP contribution in [-0.2, 0) is 23.1 Å². The smallest absolute Gasteiger partial charge is 0.243 e. The Hall–Kier alpha value is -2.02. The number of aryl methyl sites for hydroxylation is 1. The average Bonchev–Trinajstić information content (AvgIpc) is 3.19. The molecule has 24 heavy (non-hydrogen) atoms. The number of likely N-dealkylation sites (N-methyl/N-ethyl adjacent to an activating group) is 1. The van der Waals surface area contributed by atoms with Gasteiger partial charge in [-0.3, -0.25) is 4.79 Å². The van der Waals surface area contributed by atoms with Gasteiger partial charge in [-0.2, -0.15) is 0 Å². The SMILES string of the molecule is CN(C)C(=O)CN=C(NCC1CCCO1)N(C)Cc1cccn1C. The van der Waals surface area contributed by atoms with Crippen molar-refractivity contribution in [3.05, 3.63) is 24.0 Å². The monoisotopic (exact) mass is 335 g/mol. The van der Waals surface area contributed by atoms with E-state index in [-0.39, 0.29) is 18.6 Å². The highest BCUT2D eigenvalue weighted by Crippen LogP contribution is 2.11. The van der Waals surface area contributed by atoms with E-state index in [0.717, 1.165) is 32.0 Å². The van der Waals surface area contributed by atoms with Crippen LogP contribution in [0.3, 0.4) is 0 Å². The number of aromatic nitrogens is 1. The summed E-state index contributed by atoms with van der Waals surface area (Å²) in [7, 11) is 7.49. The first-order valence-electron chi connectivity index (χ1n) is 8.38. The number of aliphatic imine (C=N–C) groups is 1. The quantitative estimate of drug-likeness (QED) is 0.613. The maximum Gasteiger partial charge on any atom is 0.243 e. The summed E-state index contributed by atoms with van der Waals surface area (Å²) in [5, 5.41) is 3.36. The third-order valence-electron chi connectivity index (χ3n) is 4.19. The fourth-order valence-corrected chi connectivity index (χ4v) is 2.58. The van der Waals surface area contributed by atoms with Crippen LogP contribution in [0.25, 0.3) is 0 Å². The predicted octanol–water partition coefficient (Wildman–Crippen LogP) is 0.670. The molecule has 1 amide bonds. The molecule has 0 aliphatic carbocycles. The van der Waals surface area contributed by atoms with Gasteiger partial charge in [-0.15, -0.1) is 0 Å². The van der Waals surface area contributed by atoms with Crippen molar-refractivity contribution in [2.45, 2.75) is 25.5 Å². The van der Waals surface area contributed by atoms with E-state index in [1.54, 1.807) is 19.0 Å². The van der Waals surface area contributed by atoms with Crippen LogP contribution in [-0.4, -0.2) is 73.2 Å². The summed E-state index contributed by atoms with van der Waals surface area (Å²) in [6.07, 6.45) is 4.42. The van der Waals surface area contributed by atoms with Crippen molar-refractivity contribution in [2.24, 2.45) is 12.0 Å². The van der Waals surface area contributed by atoms with E-state index in [0.29, 0.717) is 6.54 Å². The molecule has 0 bridgehead atoms. The van der Waals surface area contributed by atoms with E-state index < -0.39 is 0 Å². The Kier molecular flexibility index (Phi) is 6.66. The van der Waals surface area contributed by atoms with E-state index >= 15 is 0 Å². The van der Waals surface area contributed by atoms with Gasteiger partial charge in [0.25, 0.3) is 0 Å². The summed E-state index contributed by atoms with van der Waals surface area (Å²) >= 11 is 0. The van der Waals surface area contributed by atoms with Gasteiger partial charge in [0, 0.05) is 53.2 Å². The molecular weight excluding hydrogens is 306 g/mol. The number of nitrogens with zero attached hydrogens (tertiary/aromatic N) is 4. The molecule has 2 heterocycles. The molecule has 0 saturated carbocycles. The molecule has 1 atom stereocenters. The number of carbonyl (C=O) groups excluding carboxylic acids is 1. The fraction of sp³-hybridized carbons (Fsp3) is 0.647. The lowest BCUT2D eigenvalue weighted by molar-refractivity contribution is -0.127. The Bertz CT molecular complexity index is 561. The second-order valence-electron chi connectivity index (χ2n) is 6.41. The van der Waals surface area contributed by atoms with Gasteiger partial charge in [0.1, 0.15) is 6.54 Å². The Balaban J connectivity index is 2.00. The van der Waals surface area contributed by atoms with E-state index in [9.17, 15) is 4.79 Å². The van der Waals surface area contributed by atoms with Gasteiger partial charge in [-0.1, -0.05) is 0 Å².